The summed E-state index contributed by atoms with van der Waals surface area (Å²) in [6.07, 6.45) is 0. The quantitative estimate of drug-likeness (QED) is 0.414. The third kappa shape index (κ3) is 6.13. The van der Waals surface area contributed by atoms with E-state index >= 15 is 0 Å². The topological polar surface area (TPSA) is 48.9 Å². The number of nitrogens with zero attached hydrogens (tertiary/aromatic N) is 2. The van der Waals surface area contributed by atoms with Gasteiger partial charge in [-0.05, 0) is 22.4 Å². The van der Waals surface area contributed by atoms with Crippen molar-refractivity contribution in [2.24, 2.45) is 4.99 Å². The van der Waals surface area contributed by atoms with Crippen molar-refractivity contribution in [2.45, 2.75) is 6.54 Å². The molecule has 0 aliphatic carbocycles. The van der Waals surface area contributed by atoms with Crippen molar-refractivity contribution >= 4 is 40.7 Å². The second kappa shape index (κ2) is 10.6. The Morgan fingerprint density at radius 1 is 1.08 bits per heavy atom. The molecule has 136 valence electrons. The van der Waals surface area contributed by atoms with E-state index in [9.17, 15) is 0 Å². The van der Waals surface area contributed by atoms with Crippen molar-refractivity contribution in [3.05, 3.63) is 48.0 Å². The molecule has 0 unspecified atom stereocenters. The van der Waals surface area contributed by atoms with Gasteiger partial charge in [-0.1, -0.05) is 36.4 Å². The van der Waals surface area contributed by atoms with Crippen LogP contribution in [0.1, 0.15) is 5.56 Å². The van der Waals surface area contributed by atoms with Crippen molar-refractivity contribution in [3.63, 3.8) is 0 Å². The van der Waals surface area contributed by atoms with Crippen LogP contribution in [0.15, 0.2) is 47.5 Å². The summed E-state index contributed by atoms with van der Waals surface area (Å²) < 4.78 is 5.37. The lowest BCUT2D eigenvalue weighted by Gasteiger charge is -2.26. The van der Waals surface area contributed by atoms with Gasteiger partial charge >= 0.3 is 0 Å². The van der Waals surface area contributed by atoms with Crippen LogP contribution in [-0.4, -0.2) is 57.3 Å². The van der Waals surface area contributed by atoms with Gasteiger partial charge in [-0.25, -0.2) is 0 Å². The lowest BCUT2D eigenvalue weighted by molar-refractivity contribution is 0.0389. The largest absolute Gasteiger partial charge is 0.379 e. The molecule has 2 N–H and O–H groups in total. The first-order chi connectivity index (χ1) is 11.8. The molecule has 0 radical (unpaired) electrons. The smallest absolute Gasteiger partial charge is 0.191 e. The second-order valence-electron chi connectivity index (χ2n) is 5.99. The fourth-order valence-electron chi connectivity index (χ4n) is 2.91. The number of guanidine groups is 1. The Morgan fingerprint density at radius 3 is 2.60 bits per heavy atom. The van der Waals surface area contributed by atoms with Gasteiger partial charge in [-0.2, -0.15) is 0 Å². The average molecular weight is 454 g/mol. The molecule has 1 aliphatic heterocycles. The Labute approximate surface area is 166 Å². The molecule has 0 spiro atoms. The van der Waals surface area contributed by atoms with Crippen molar-refractivity contribution < 1.29 is 4.74 Å². The molecule has 2 aromatic rings. The van der Waals surface area contributed by atoms with Gasteiger partial charge in [0.15, 0.2) is 5.96 Å². The zero-order valence-corrected chi connectivity index (χ0v) is 17.0. The molecular weight excluding hydrogens is 427 g/mol. The summed E-state index contributed by atoms with van der Waals surface area (Å²) in [5, 5.41) is 9.31. The number of halogens is 1. The maximum absolute atomic E-state index is 5.37. The predicted octanol–water partition coefficient (Wildman–Crippen LogP) is 2.46. The van der Waals surface area contributed by atoms with Crippen LogP contribution in [-0.2, 0) is 11.3 Å². The first-order valence-corrected chi connectivity index (χ1v) is 8.57. The standard InChI is InChI=1S/C19H26N4O.HI/c1-20-19(21-8-9-23-10-12-24-13-11-23)22-15-16-6-7-17-4-2-3-5-18(17)14-16;/h2-7,14H,8-13,15H2,1H3,(H2,20,21,22);1H. The molecule has 0 amide bonds. The molecule has 1 fully saturated rings. The number of hydrogen-bond acceptors (Lipinski definition) is 3. The van der Waals surface area contributed by atoms with Crippen LogP contribution >= 0.6 is 24.0 Å². The number of rotatable bonds is 5. The molecule has 3 rings (SSSR count). The zero-order chi connectivity index (χ0) is 16.6. The summed E-state index contributed by atoms with van der Waals surface area (Å²) in [4.78, 5) is 6.71. The molecule has 0 bridgehead atoms. The SMILES string of the molecule is CN=C(NCCN1CCOCC1)NCc1ccc2ccccc2c1.I. The maximum Gasteiger partial charge on any atom is 0.191 e. The van der Waals surface area contributed by atoms with Gasteiger partial charge in [0.1, 0.15) is 0 Å². The van der Waals surface area contributed by atoms with E-state index in [1.165, 1.54) is 16.3 Å². The van der Waals surface area contributed by atoms with Gasteiger partial charge < -0.3 is 15.4 Å². The van der Waals surface area contributed by atoms with Crippen LogP contribution in [0, 0.1) is 0 Å². The molecule has 0 saturated carbocycles. The van der Waals surface area contributed by atoms with Gasteiger partial charge in [-0.3, -0.25) is 9.89 Å². The van der Waals surface area contributed by atoms with Crippen LogP contribution in [0.5, 0.6) is 0 Å². The predicted molar refractivity (Wildman–Crippen MR) is 115 cm³/mol. The van der Waals surface area contributed by atoms with Crippen LogP contribution in [0.3, 0.4) is 0 Å². The lowest BCUT2D eigenvalue weighted by Crippen LogP contribution is -2.44. The number of hydrogen-bond donors (Lipinski definition) is 2. The van der Waals surface area contributed by atoms with E-state index in [0.717, 1.165) is 51.9 Å². The summed E-state index contributed by atoms with van der Waals surface area (Å²) >= 11 is 0. The van der Waals surface area contributed by atoms with E-state index in [2.05, 4.69) is 63.0 Å². The fourth-order valence-corrected chi connectivity index (χ4v) is 2.91. The van der Waals surface area contributed by atoms with Gasteiger partial charge in [-0.15, -0.1) is 24.0 Å². The first-order valence-electron chi connectivity index (χ1n) is 8.57. The van der Waals surface area contributed by atoms with Crippen molar-refractivity contribution in [1.29, 1.82) is 0 Å². The third-order valence-corrected chi connectivity index (χ3v) is 4.32. The minimum Gasteiger partial charge on any atom is -0.379 e. The first kappa shape index (κ1) is 19.9. The summed E-state index contributed by atoms with van der Waals surface area (Å²) in [7, 11) is 1.81. The minimum atomic E-state index is 0. The molecule has 1 aliphatic rings. The summed E-state index contributed by atoms with van der Waals surface area (Å²) in [5.74, 6) is 0.844. The van der Waals surface area contributed by atoms with E-state index in [1.807, 2.05) is 7.05 Å². The fraction of sp³-hybridized carbons (Fsp3) is 0.421. The van der Waals surface area contributed by atoms with Gasteiger partial charge in [0.05, 0.1) is 13.2 Å². The van der Waals surface area contributed by atoms with E-state index in [1.54, 1.807) is 0 Å². The molecule has 0 aromatic heterocycles. The third-order valence-electron chi connectivity index (χ3n) is 4.32. The average Bonchev–Trinajstić information content (AvgIpc) is 2.65. The number of morpholine rings is 1. The van der Waals surface area contributed by atoms with Crippen molar-refractivity contribution in [2.75, 3.05) is 46.4 Å². The van der Waals surface area contributed by atoms with Gasteiger partial charge in [0.2, 0.25) is 0 Å². The van der Waals surface area contributed by atoms with Crippen LogP contribution in [0.4, 0.5) is 0 Å². The number of benzene rings is 2. The van der Waals surface area contributed by atoms with Crippen LogP contribution < -0.4 is 10.6 Å². The molecule has 2 aromatic carbocycles. The Kier molecular flexibility index (Phi) is 8.43. The molecule has 6 heteroatoms. The second-order valence-corrected chi connectivity index (χ2v) is 5.99. The van der Waals surface area contributed by atoms with Gasteiger partial charge in [0.25, 0.3) is 0 Å². The molecule has 5 nitrogen and oxygen atoms in total. The highest BCUT2D eigenvalue weighted by Crippen LogP contribution is 2.15. The van der Waals surface area contributed by atoms with E-state index < -0.39 is 0 Å². The van der Waals surface area contributed by atoms with E-state index in [-0.39, 0.29) is 24.0 Å². The summed E-state index contributed by atoms with van der Waals surface area (Å²) in [6.45, 7) is 6.39. The Hall–Kier alpha value is -1.38. The van der Waals surface area contributed by atoms with Gasteiger partial charge in [0, 0.05) is 39.8 Å². The number of ether oxygens (including phenoxy) is 1. The lowest BCUT2D eigenvalue weighted by atomic mass is 10.1. The molecule has 25 heavy (non-hydrogen) atoms. The Bertz CT molecular complexity index is 686. The van der Waals surface area contributed by atoms with Crippen molar-refractivity contribution in [1.82, 2.24) is 15.5 Å². The monoisotopic (exact) mass is 454 g/mol. The molecule has 1 heterocycles. The number of aliphatic imine (C=N–C) groups is 1. The highest BCUT2D eigenvalue weighted by Gasteiger charge is 2.09. The molecular formula is C19H27IN4O. The summed E-state index contributed by atoms with van der Waals surface area (Å²) in [6, 6.07) is 15.0. The normalized spacial score (nSPS) is 15.6. The Morgan fingerprint density at radius 2 is 1.84 bits per heavy atom. The molecule has 1 saturated heterocycles. The highest BCUT2D eigenvalue weighted by atomic mass is 127. The molecule has 0 atom stereocenters. The van der Waals surface area contributed by atoms with E-state index in [0.29, 0.717) is 0 Å². The Balaban J connectivity index is 0.00000225. The minimum absolute atomic E-state index is 0. The highest BCUT2D eigenvalue weighted by molar-refractivity contribution is 14.0. The van der Waals surface area contributed by atoms with Crippen LogP contribution in [0.2, 0.25) is 0 Å². The number of nitrogens with one attached hydrogen (secondary N) is 2. The zero-order valence-electron chi connectivity index (χ0n) is 14.7. The number of fused-ring (bicyclic) bond motifs is 1. The van der Waals surface area contributed by atoms with Crippen molar-refractivity contribution in [3.8, 4) is 0 Å². The summed E-state index contributed by atoms with van der Waals surface area (Å²) in [5.41, 5.74) is 1.25. The van der Waals surface area contributed by atoms with E-state index in [4.69, 9.17) is 4.74 Å². The van der Waals surface area contributed by atoms with Crippen LogP contribution in [0.25, 0.3) is 10.8 Å². The maximum atomic E-state index is 5.37.